The fourth-order valence-electron chi connectivity index (χ4n) is 1.26. The maximum atomic E-state index is 10.7. The third-order valence-corrected chi connectivity index (χ3v) is 2.18. The highest BCUT2D eigenvalue weighted by Crippen LogP contribution is 2.27. The van der Waals surface area contributed by atoms with Gasteiger partial charge in [-0.25, -0.2) is 0 Å². The van der Waals surface area contributed by atoms with E-state index in [0.717, 1.165) is 0 Å². The van der Waals surface area contributed by atoms with E-state index in [0.29, 0.717) is 5.02 Å². The Labute approximate surface area is 91.8 Å². The summed E-state index contributed by atoms with van der Waals surface area (Å²) in [4.78, 5) is 10.1. The molecule has 0 amide bonds. The van der Waals surface area contributed by atoms with Gasteiger partial charge in [-0.2, -0.15) is 0 Å². The fourth-order valence-corrected chi connectivity index (χ4v) is 1.44. The van der Waals surface area contributed by atoms with Crippen LogP contribution in [0.15, 0.2) is 18.2 Å². The van der Waals surface area contributed by atoms with Crippen molar-refractivity contribution < 1.29 is 10.0 Å². The van der Waals surface area contributed by atoms with Crippen LogP contribution in [0.1, 0.15) is 11.7 Å². The van der Waals surface area contributed by atoms with E-state index in [1.165, 1.54) is 18.2 Å². The van der Waals surface area contributed by atoms with E-state index in [1.807, 2.05) is 0 Å². The Morgan fingerprint density at radius 2 is 2.33 bits per heavy atom. The van der Waals surface area contributed by atoms with Crippen molar-refractivity contribution in [3.05, 3.63) is 38.9 Å². The quantitative estimate of drug-likeness (QED) is 0.607. The van der Waals surface area contributed by atoms with Gasteiger partial charge >= 0.3 is 0 Å². The standard InChI is InChI=1S/C9H11ClN2O3/c1-11-5-9(13)7-4-6(10)2-3-8(7)12(14)15/h2-4,9,11,13H,5H2,1H3. The number of nitro benzene ring substituents is 1. The van der Waals surface area contributed by atoms with Gasteiger partial charge in [-0.05, 0) is 19.2 Å². The number of aliphatic hydroxyl groups excluding tert-OH is 1. The van der Waals surface area contributed by atoms with Crippen molar-refractivity contribution in [2.45, 2.75) is 6.10 Å². The van der Waals surface area contributed by atoms with Crippen LogP contribution >= 0.6 is 11.6 Å². The molecule has 0 heterocycles. The van der Waals surface area contributed by atoms with Crippen LogP contribution in [-0.4, -0.2) is 23.6 Å². The van der Waals surface area contributed by atoms with E-state index in [2.05, 4.69) is 5.32 Å². The van der Waals surface area contributed by atoms with Crippen LogP contribution in [0.3, 0.4) is 0 Å². The summed E-state index contributed by atoms with van der Waals surface area (Å²) in [5, 5.41) is 23.4. The second-order valence-corrected chi connectivity index (χ2v) is 3.47. The molecule has 0 spiro atoms. The van der Waals surface area contributed by atoms with Gasteiger partial charge in [0.15, 0.2) is 0 Å². The number of nitrogens with one attached hydrogen (secondary N) is 1. The van der Waals surface area contributed by atoms with Gasteiger partial charge in [0, 0.05) is 17.6 Å². The maximum absolute atomic E-state index is 10.7. The number of benzene rings is 1. The van der Waals surface area contributed by atoms with E-state index < -0.39 is 11.0 Å². The van der Waals surface area contributed by atoms with Crippen molar-refractivity contribution in [2.24, 2.45) is 0 Å². The van der Waals surface area contributed by atoms with Gasteiger partial charge in [0.1, 0.15) is 0 Å². The zero-order valence-corrected chi connectivity index (χ0v) is 8.86. The Balaban J connectivity index is 3.12. The Morgan fingerprint density at radius 1 is 1.67 bits per heavy atom. The van der Waals surface area contributed by atoms with Gasteiger partial charge in [0.2, 0.25) is 0 Å². The number of halogens is 1. The largest absolute Gasteiger partial charge is 0.387 e. The molecule has 2 N–H and O–H groups in total. The monoisotopic (exact) mass is 230 g/mol. The SMILES string of the molecule is CNCC(O)c1cc(Cl)ccc1[N+](=O)[O-]. The molecule has 5 nitrogen and oxygen atoms in total. The Hall–Kier alpha value is -1.17. The van der Waals surface area contributed by atoms with Gasteiger partial charge in [0.05, 0.1) is 16.6 Å². The van der Waals surface area contributed by atoms with Crippen LogP contribution in [0, 0.1) is 10.1 Å². The number of likely N-dealkylation sites (N-methyl/N-ethyl adjacent to an activating group) is 1. The molecule has 1 atom stereocenters. The number of nitro groups is 1. The summed E-state index contributed by atoms with van der Waals surface area (Å²) in [7, 11) is 1.65. The smallest absolute Gasteiger partial charge is 0.275 e. The number of hydrogen-bond acceptors (Lipinski definition) is 4. The predicted molar refractivity (Wildman–Crippen MR) is 57.0 cm³/mol. The molecule has 0 aliphatic heterocycles. The minimum absolute atomic E-state index is 0.123. The summed E-state index contributed by atoms with van der Waals surface area (Å²) < 4.78 is 0. The number of nitrogens with zero attached hydrogens (tertiary/aromatic N) is 1. The highest BCUT2D eigenvalue weighted by Gasteiger charge is 2.19. The second kappa shape index (κ2) is 5.06. The lowest BCUT2D eigenvalue weighted by atomic mass is 10.1. The molecule has 0 aliphatic rings. The summed E-state index contributed by atoms with van der Waals surface area (Å²) in [6, 6.07) is 4.12. The Bertz CT molecular complexity index is 370. The average molecular weight is 231 g/mol. The van der Waals surface area contributed by atoms with E-state index in [1.54, 1.807) is 7.05 Å². The zero-order valence-electron chi connectivity index (χ0n) is 8.11. The minimum Gasteiger partial charge on any atom is -0.387 e. The Kier molecular flexibility index (Phi) is 4.02. The molecule has 0 fully saturated rings. The van der Waals surface area contributed by atoms with Crippen LogP contribution < -0.4 is 5.32 Å². The number of rotatable bonds is 4. The normalized spacial score (nSPS) is 12.5. The summed E-state index contributed by atoms with van der Waals surface area (Å²) in [6.45, 7) is 0.237. The van der Waals surface area contributed by atoms with Gasteiger partial charge < -0.3 is 10.4 Å². The average Bonchev–Trinajstić information content (AvgIpc) is 2.17. The molecule has 1 aromatic rings. The first-order valence-corrected chi connectivity index (χ1v) is 4.70. The van der Waals surface area contributed by atoms with Crippen molar-refractivity contribution in [1.29, 1.82) is 0 Å². The molecular weight excluding hydrogens is 220 g/mol. The molecule has 0 aromatic heterocycles. The molecule has 15 heavy (non-hydrogen) atoms. The van der Waals surface area contributed by atoms with Crippen LogP contribution in [0.25, 0.3) is 0 Å². The molecule has 1 unspecified atom stereocenters. The summed E-state index contributed by atoms with van der Waals surface area (Å²) in [6.07, 6.45) is -0.936. The molecule has 0 radical (unpaired) electrons. The lowest BCUT2D eigenvalue weighted by Gasteiger charge is -2.10. The third kappa shape index (κ3) is 2.89. The van der Waals surface area contributed by atoms with Crippen LogP contribution in [0.4, 0.5) is 5.69 Å². The predicted octanol–water partition coefficient (Wildman–Crippen LogP) is 1.50. The lowest BCUT2D eigenvalue weighted by molar-refractivity contribution is -0.386. The minimum atomic E-state index is -0.936. The van der Waals surface area contributed by atoms with Crippen LogP contribution in [0.2, 0.25) is 5.02 Å². The summed E-state index contributed by atoms with van der Waals surface area (Å²) in [5.41, 5.74) is 0.101. The third-order valence-electron chi connectivity index (χ3n) is 1.94. The zero-order chi connectivity index (χ0) is 11.4. The second-order valence-electron chi connectivity index (χ2n) is 3.03. The first-order valence-electron chi connectivity index (χ1n) is 4.32. The number of aliphatic hydroxyl groups is 1. The summed E-state index contributed by atoms with van der Waals surface area (Å²) in [5.74, 6) is 0. The van der Waals surface area contributed by atoms with E-state index in [-0.39, 0.29) is 17.8 Å². The van der Waals surface area contributed by atoms with E-state index in [4.69, 9.17) is 11.6 Å². The lowest BCUT2D eigenvalue weighted by Crippen LogP contribution is -2.17. The first-order chi connectivity index (χ1) is 7.06. The molecule has 1 rings (SSSR count). The first kappa shape index (κ1) is 11.9. The molecule has 1 aromatic carbocycles. The Morgan fingerprint density at radius 3 is 2.87 bits per heavy atom. The van der Waals surface area contributed by atoms with Crippen molar-refractivity contribution >= 4 is 17.3 Å². The fraction of sp³-hybridized carbons (Fsp3) is 0.333. The topological polar surface area (TPSA) is 75.4 Å². The molecule has 0 saturated carbocycles. The van der Waals surface area contributed by atoms with Crippen molar-refractivity contribution in [3.63, 3.8) is 0 Å². The van der Waals surface area contributed by atoms with Crippen LogP contribution in [-0.2, 0) is 0 Å². The van der Waals surface area contributed by atoms with Crippen molar-refractivity contribution in [1.82, 2.24) is 5.32 Å². The highest BCUT2D eigenvalue weighted by atomic mass is 35.5. The van der Waals surface area contributed by atoms with Crippen LogP contribution in [0.5, 0.6) is 0 Å². The van der Waals surface area contributed by atoms with Gasteiger partial charge in [-0.15, -0.1) is 0 Å². The van der Waals surface area contributed by atoms with Gasteiger partial charge in [0.25, 0.3) is 5.69 Å². The molecular formula is C9H11ClN2O3. The molecule has 82 valence electrons. The van der Waals surface area contributed by atoms with E-state index in [9.17, 15) is 15.2 Å². The molecule has 6 heteroatoms. The maximum Gasteiger partial charge on any atom is 0.275 e. The highest BCUT2D eigenvalue weighted by molar-refractivity contribution is 6.30. The number of hydrogen-bond donors (Lipinski definition) is 2. The molecule has 0 bridgehead atoms. The molecule has 0 aliphatic carbocycles. The van der Waals surface area contributed by atoms with Crippen molar-refractivity contribution in [3.8, 4) is 0 Å². The van der Waals surface area contributed by atoms with Gasteiger partial charge in [-0.3, -0.25) is 10.1 Å². The molecule has 0 saturated heterocycles. The summed E-state index contributed by atoms with van der Waals surface area (Å²) >= 11 is 5.71. The van der Waals surface area contributed by atoms with E-state index >= 15 is 0 Å². The van der Waals surface area contributed by atoms with Gasteiger partial charge in [-0.1, -0.05) is 11.6 Å². The van der Waals surface area contributed by atoms with Crippen molar-refractivity contribution in [2.75, 3.05) is 13.6 Å².